The van der Waals surface area contributed by atoms with Gasteiger partial charge in [0.15, 0.2) is 11.2 Å². The average Bonchev–Trinajstić information content (AvgIpc) is 1.75. The standard InChI is InChI=1S/C81H52N2O2/c1-5-19-53(20-6-1)55-35-41-61(42-36-55)82(73-31-17-29-71-67-27-13-15-33-75(67)84-79(71)73)63-45-49-65-57(51-63)39-47-69-70-48-40-58-52-64(46-50-66(58)78(70)81(77(65)69,59-23-9-3-10-24-59)60-25-11-4-12-26-60)83(62-43-37-56(38-44-62)54-21-7-2-8-22-54)74-32-18-30-72-68-28-14-16-34-76(68)85-80(72)74/h1-52H. The molecule has 2 aromatic heterocycles. The number of hydrogen-bond donors (Lipinski definition) is 0. The van der Waals surface area contributed by atoms with E-state index in [1.165, 1.54) is 55.3 Å². The fourth-order valence-corrected chi connectivity index (χ4v) is 14.0. The van der Waals surface area contributed by atoms with E-state index in [1.54, 1.807) is 0 Å². The molecule has 1 aliphatic rings. The highest BCUT2D eigenvalue weighted by Gasteiger charge is 2.48. The zero-order chi connectivity index (χ0) is 56.0. The lowest BCUT2D eigenvalue weighted by Crippen LogP contribution is -2.29. The maximum Gasteiger partial charge on any atom is 0.159 e. The van der Waals surface area contributed by atoms with Gasteiger partial charge >= 0.3 is 0 Å². The van der Waals surface area contributed by atoms with Gasteiger partial charge in [0.1, 0.15) is 11.2 Å². The van der Waals surface area contributed by atoms with Crippen molar-refractivity contribution in [3.8, 4) is 33.4 Å². The largest absolute Gasteiger partial charge is 0.454 e. The lowest BCUT2D eigenvalue weighted by atomic mass is 9.66. The number of rotatable bonds is 10. The first kappa shape index (κ1) is 48.5. The summed E-state index contributed by atoms with van der Waals surface area (Å²) in [6.07, 6.45) is 0. The van der Waals surface area contributed by atoms with Crippen LogP contribution in [0.3, 0.4) is 0 Å². The third-order valence-electron chi connectivity index (χ3n) is 17.7. The minimum Gasteiger partial charge on any atom is -0.454 e. The summed E-state index contributed by atoms with van der Waals surface area (Å²) < 4.78 is 13.6. The number of fused-ring (bicyclic) bond motifs is 13. The van der Waals surface area contributed by atoms with Crippen molar-refractivity contribution in [2.75, 3.05) is 9.80 Å². The molecule has 0 amide bonds. The van der Waals surface area contributed by atoms with Crippen molar-refractivity contribution in [2.24, 2.45) is 0 Å². The Morgan fingerprint density at radius 2 is 0.600 bits per heavy atom. The molecule has 17 rings (SSSR count). The molecule has 16 aromatic rings. The van der Waals surface area contributed by atoms with Gasteiger partial charge in [0, 0.05) is 44.3 Å². The predicted octanol–water partition coefficient (Wildman–Crippen LogP) is 22.4. The average molecular weight is 1090 g/mol. The van der Waals surface area contributed by atoms with E-state index < -0.39 is 5.41 Å². The van der Waals surface area contributed by atoms with E-state index in [0.717, 1.165) is 99.9 Å². The maximum atomic E-state index is 6.81. The highest BCUT2D eigenvalue weighted by molar-refractivity contribution is 6.13. The Morgan fingerprint density at radius 3 is 1.02 bits per heavy atom. The smallest absolute Gasteiger partial charge is 0.159 e. The second-order valence-electron chi connectivity index (χ2n) is 22.3. The molecule has 0 unspecified atom stereocenters. The molecule has 14 aromatic carbocycles. The van der Waals surface area contributed by atoms with Crippen LogP contribution in [-0.2, 0) is 5.41 Å². The summed E-state index contributed by atoms with van der Waals surface area (Å²) in [7, 11) is 0. The molecule has 0 N–H and O–H groups in total. The van der Waals surface area contributed by atoms with E-state index in [1.807, 2.05) is 12.1 Å². The van der Waals surface area contributed by atoms with Gasteiger partial charge in [-0.2, -0.15) is 0 Å². The normalized spacial score (nSPS) is 12.6. The summed E-state index contributed by atoms with van der Waals surface area (Å²) in [5.41, 5.74) is 20.9. The Balaban J connectivity index is 0.869. The first-order chi connectivity index (χ1) is 42.2. The number of nitrogens with zero attached hydrogens (tertiary/aromatic N) is 2. The molecule has 0 saturated carbocycles. The zero-order valence-electron chi connectivity index (χ0n) is 46.2. The number of benzene rings is 14. The van der Waals surface area contributed by atoms with Crippen molar-refractivity contribution in [3.63, 3.8) is 0 Å². The first-order valence-corrected chi connectivity index (χ1v) is 29.1. The molecule has 4 nitrogen and oxygen atoms in total. The molecule has 0 aliphatic heterocycles. The molecule has 0 bridgehead atoms. The topological polar surface area (TPSA) is 32.8 Å². The molecule has 398 valence electrons. The van der Waals surface area contributed by atoms with Crippen molar-refractivity contribution in [2.45, 2.75) is 5.41 Å². The van der Waals surface area contributed by atoms with Gasteiger partial charge in [0.25, 0.3) is 0 Å². The van der Waals surface area contributed by atoms with Crippen molar-refractivity contribution in [3.05, 3.63) is 338 Å². The minimum atomic E-state index is -0.713. The van der Waals surface area contributed by atoms with Crippen molar-refractivity contribution >= 4 is 99.5 Å². The second kappa shape index (κ2) is 19.5. The van der Waals surface area contributed by atoms with Crippen molar-refractivity contribution in [1.82, 2.24) is 0 Å². The Hall–Kier alpha value is -11.2. The van der Waals surface area contributed by atoms with Crippen molar-refractivity contribution in [1.29, 1.82) is 0 Å². The van der Waals surface area contributed by atoms with Gasteiger partial charge < -0.3 is 18.6 Å². The molecule has 0 fully saturated rings. The molecule has 85 heavy (non-hydrogen) atoms. The molecule has 0 saturated heterocycles. The Morgan fingerprint density at radius 1 is 0.247 bits per heavy atom. The van der Waals surface area contributed by atoms with Crippen LogP contribution in [0.1, 0.15) is 22.3 Å². The Bertz CT molecular complexity index is 4890. The van der Waals surface area contributed by atoms with Crippen LogP contribution in [0.2, 0.25) is 0 Å². The van der Waals surface area contributed by atoms with Gasteiger partial charge in [0.05, 0.1) is 16.8 Å². The van der Waals surface area contributed by atoms with E-state index in [2.05, 4.69) is 313 Å². The van der Waals surface area contributed by atoms with Gasteiger partial charge in [-0.25, -0.2) is 0 Å². The van der Waals surface area contributed by atoms with Crippen LogP contribution in [-0.4, -0.2) is 0 Å². The monoisotopic (exact) mass is 1080 g/mol. The highest BCUT2D eigenvalue weighted by atomic mass is 16.3. The fraction of sp³-hybridized carbons (Fsp3) is 0.0123. The van der Waals surface area contributed by atoms with E-state index in [-0.39, 0.29) is 0 Å². The van der Waals surface area contributed by atoms with Crippen LogP contribution in [0.15, 0.2) is 324 Å². The van der Waals surface area contributed by atoms with E-state index in [0.29, 0.717) is 0 Å². The van der Waals surface area contributed by atoms with E-state index in [4.69, 9.17) is 8.83 Å². The molecular formula is C81H52N2O2. The summed E-state index contributed by atoms with van der Waals surface area (Å²) in [6, 6.07) is 115. The quantitative estimate of drug-likeness (QED) is 0.137. The lowest BCUT2D eigenvalue weighted by Gasteiger charge is -2.35. The van der Waals surface area contributed by atoms with Gasteiger partial charge in [0.2, 0.25) is 0 Å². The van der Waals surface area contributed by atoms with Crippen LogP contribution in [0, 0.1) is 0 Å². The van der Waals surface area contributed by atoms with Crippen LogP contribution < -0.4 is 9.80 Å². The molecule has 0 atom stereocenters. The van der Waals surface area contributed by atoms with Gasteiger partial charge in [-0.15, -0.1) is 0 Å². The number of para-hydroxylation sites is 4. The maximum absolute atomic E-state index is 6.81. The third kappa shape index (κ3) is 7.62. The first-order valence-electron chi connectivity index (χ1n) is 29.1. The SMILES string of the molecule is c1ccc(-c2ccc(N(c3ccc4c5c(ccc4c3)-c3ccc4cc(N(c6ccc(-c7ccccc7)cc6)c6cccc7c6oc6ccccc67)ccc4c3C5(c3ccccc3)c3ccccc3)c3cccc4c3oc3ccccc34)cc2)cc1. The molecule has 0 radical (unpaired) electrons. The lowest BCUT2D eigenvalue weighted by molar-refractivity contribution is 0.668. The predicted molar refractivity (Wildman–Crippen MR) is 354 cm³/mol. The minimum absolute atomic E-state index is 0.713. The van der Waals surface area contributed by atoms with E-state index >= 15 is 0 Å². The number of furan rings is 2. The molecule has 2 heterocycles. The molecule has 1 aliphatic carbocycles. The van der Waals surface area contributed by atoms with Gasteiger partial charge in [-0.1, -0.05) is 243 Å². The van der Waals surface area contributed by atoms with Crippen LogP contribution in [0.4, 0.5) is 34.1 Å². The van der Waals surface area contributed by atoms with Gasteiger partial charge in [-0.3, -0.25) is 0 Å². The summed E-state index contributed by atoms with van der Waals surface area (Å²) >= 11 is 0. The van der Waals surface area contributed by atoms with Gasteiger partial charge in [-0.05, 0) is 150 Å². The molecule has 4 heteroatoms. The van der Waals surface area contributed by atoms with Crippen molar-refractivity contribution < 1.29 is 8.83 Å². The van der Waals surface area contributed by atoms with Crippen LogP contribution >= 0.6 is 0 Å². The number of hydrogen-bond acceptors (Lipinski definition) is 4. The second-order valence-corrected chi connectivity index (χ2v) is 22.3. The van der Waals surface area contributed by atoms with Crippen LogP contribution in [0.5, 0.6) is 0 Å². The Kier molecular flexibility index (Phi) is 11.1. The fourth-order valence-electron chi connectivity index (χ4n) is 14.0. The Labute approximate surface area is 492 Å². The summed E-state index contributed by atoms with van der Waals surface area (Å²) in [4.78, 5) is 4.73. The molecule has 0 spiro atoms. The summed E-state index contributed by atoms with van der Waals surface area (Å²) in [5, 5.41) is 9.03. The summed E-state index contributed by atoms with van der Waals surface area (Å²) in [5.74, 6) is 0. The summed E-state index contributed by atoms with van der Waals surface area (Å²) in [6.45, 7) is 0. The molecular weight excluding hydrogens is 1030 g/mol. The van der Waals surface area contributed by atoms with Crippen LogP contribution in [0.25, 0.3) is 98.8 Å². The number of anilines is 6. The zero-order valence-corrected chi connectivity index (χ0v) is 46.2. The highest BCUT2D eigenvalue weighted by Crippen LogP contribution is 2.61. The van der Waals surface area contributed by atoms with E-state index in [9.17, 15) is 0 Å². The third-order valence-corrected chi connectivity index (χ3v) is 17.7.